The van der Waals surface area contributed by atoms with Gasteiger partial charge in [-0.2, -0.15) is 64.2 Å². The van der Waals surface area contributed by atoms with Gasteiger partial charge >= 0.3 is 85.3 Å². The minimum atomic E-state index is -0.750. The number of imide groups is 1. The summed E-state index contributed by atoms with van der Waals surface area (Å²) in [6, 6.07) is 13.4. The van der Waals surface area contributed by atoms with E-state index < -0.39 is 16.5 Å². The second-order valence-electron chi connectivity index (χ2n) is 29.0. The standard InChI is InChI=1S/C14H22N3O2.C9H14N2O.C9H7NO2.C7H11O2.C6H11O2.3C5H9NP.4C5H11NP.CHCl3.CH4.5Fe/c18-13(9-11-5-6-15-10-11)16-7-8-17-14(19)12-3-1-2-4-12;1-2-4-11-9(12)6-8-3-5-10-7-8;1-10-8(11)6-4-2-3-5-7(6)9(10)12;1-5-2-3-6(4-5)7(8)9;7-8-5-6-3-1-2-4-6;3*6-7-5-3-1-2-4-5;4*7-6-5-3-1-2-4-5;2-1(3)4;;;;;;/h3,5-6,10,12,14-15,17,19H,1-2,4,7-9H2,(H,16,18);3,5,7,10H,2,4,6H2,1H3,(H,11,12);2-5H,1H3;3,5-6H,2,4H2,1H3,(H,8,9);3,6-7H,1-2,4-5H2;3*3,5-6H,1-2,4H2;4*3,5-6H,1-2,4,7H2;1H;1H4;;;;;/q-1;;;9*-1;;;5*+2. The van der Waals surface area contributed by atoms with Crippen LogP contribution in [0, 0.1) is 103 Å². The molecule has 4 amide bonds. The third-order valence-corrected chi connectivity index (χ3v) is 24.0. The number of aliphatic hydroxyl groups is 1. The second kappa shape index (κ2) is 85.3. The van der Waals surface area contributed by atoms with Gasteiger partial charge in [0.1, 0.15) is 0 Å². The zero-order chi connectivity index (χ0) is 83.1. The molecule has 16 unspecified atom stereocenters. The number of rotatable bonds is 21. The third kappa shape index (κ3) is 64.8. The number of nitrogens with zero attached hydrogens (tertiary/aromatic N) is 1. The number of carbonyl (C=O) groups excluding carboxylic acids is 4. The molecule has 0 spiro atoms. The van der Waals surface area contributed by atoms with Crippen molar-refractivity contribution in [1.29, 1.82) is 15.5 Å². The zero-order valence-electron chi connectivity index (χ0n) is 68.8. The smallest absolute Gasteiger partial charge is 0.483 e. The molecule has 1 aliphatic heterocycles. The van der Waals surface area contributed by atoms with Crippen molar-refractivity contribution < 1.29 is 130 Å². The molecular weight excluding hydrogens is 1910 g/mol. The molecule has 0 saturated heterocycles. The molecule has 10 aliphatic carbocycles. The molecule has 15 N–H and O–H groups in total. The molecule has 119 heavy (non-hydrogen) atoms. The molecule has 3 heterocycles. The molecule has 1 aromatic carbocycles. The maximum atomic E-state index is 11.6. The number of hydrogen-bond donors (Lipinski definition) is 15. The Bertz CT molecular complexity index is 2750. The average molecular weight is 2060 g/mol. The van der Waals surface area contributed by atoms with Gasteiger partial charge in [-0.25, -0.2) is 4.89 Å². The van der Waals surface area contributed by atoms with Crippen molar-refractivity contribution in [3.8, 4) is 0 Å². The number of benzene rings is 1. The van der Waals surface area contributed by atoms with Crippen LogP contribution in [0.2, 0.25) is 0 Å². The molecule has 22 nitrogen and oxygen atoms in total. The van der Waals surface area contributed by atoms with Crippen molar-refractivity contribution >= 4 is 127 Å². The molecule has 11 aliphatic rings. The maximum absolute atomic E-state index is 11.6. The van der Waals surface area contributed by atoms with Crippen molar-refractivity contribution in [1.82, 2.24) is 51.2 Å². The second-order valence-corrected chi connectivity index (χ2v) is 35.1. The van der Waals surface area contributed by atoms with E-state index in [1.54, 1.807) is 30.5 Å². The van der Waals surface area contributed by atoms with E-state index in [0.717, 1.165) is 86.2 Å². The van der Waals surface area contributed by atoms with Gasteiger partial charge in [-0.3, -0.25) is 54.9 Å². The van der Waals surface area contributed by atoms with Gasteiger partial charge in [0.25, 0.3) is 17.8 Å². The normalized spacial score (nSPS) is 23.6. The first-order valence-electron chi connectivity index (χ1n) is 40.5. The van der Waals surface area contributed by atoms with Gasteiger partial charge < -0.3 is 115 Å². The number of carboxylic acids is 1. The van der Waals surface area contributed by atoms with Gasteiger partial charge in [-0.1, -0.05) is 240 Å². The Morgan fingerprint density at radius 2 is 0.916 bits per heavy atom. The topological polar surface area (TPSA) is 346 Å². The van der Waals surface area contributed by atoms with Crippen molar-refractivity contribution in [2.24, 2.45) is 23.7 Å². The monoisotopic (exact) mass is 2050 g/mol. The number of carbonyl (C=O) groups is 5. The van der Waals surface area contributed by atoms with Crippen LogP contribution in [-0.4, -0.2) is 145 Å². The van der Waals surface area contributed by atoms with Gasteiger partial charge in [0.15, 0.2) is 4.30 Å². The van der Waals surface area contributed by atoms with Gasteiger partial charge in [-0.05, 0) is 66.9 Å². The number of aliphatic carboxylic acids is 1. The van der Waals surface area contributed by atoms with Crippen molar-refractivity contribution in [3.63, 3.8) is 0 Å². The molecule has 14 rings (SSSR count). The summed E-state index contributed by atoms with van der Waals surface area (Å²) >= 11 is 14.4. The number of carboxylic acid groups (broad SMARTS) is 1. The molecule has 16 atom stereocenters. The van der Waals surface area contributed by atoms with Crippen LogP contribution in [0.3, 0.4) is 0 Å². The number of hydrogen-bond acceptors (Lipinski definition) is 16. The third-order valence-electron chi connectivity index (χ3n) is 19.9. The van der Waals surface area contributed by atoms with E-state index in [2.05, 4.69) is 153 Å². The summed E-state index contributed by atoms with van der Waals surface area (Å²) in [4.78, 5) is 66.6. The molecular formula is C82H141Cl3Fe5N13O9P7. The molecule has 0 bridgehead atoms. The fraction of sp³-hybridized carbons (Fsp3) is 0.646. The van der Waals surface area contributed by atoms with Crippen molar-refractivity contribution in [2.75, 3.05) is 33.3 Å². The fourth-order valence-corrected chi connectivity index (χ4v) is 16.2. The van der Waals surface area contributed by atoms with E-state index in [-0.39, 0.29) is 128 Å². The quantitative estimate of drug-likeness (QED) is 0.00543. The van der Waals surface area contributed by atoms with E-state index in [1.807, 2.05) is 44.1 Å². The van der Waals surface area contributed by atoms with E-state index in [9.17, 15) is 29.1 Å². The van der Waals surface area contributed by atoms with Gasteiger partial charge in [0.05, 0.1) is 36.8 Å². The number of fused-ring (bicyclic) bond motifs is 1. The number of alkyl halides is 3. The number of H-pyrrole nitrogens is 2. The molecule has 684 valence electrons. The van der Waals surface area contributed by atoms with E-state index in [1.165, 1.54) is 161 Å². The minimum Gasteiger partial charge on any atom is -0.483 e. The van der Waals surface area contributed by atoms with Gasteiger partial charge in [-0.15, -0.1) is 53.0 Å². The summed E-state index contributed by atoms with van der Waals surface area (Å²) in [5, 5.41) is 68.4. The molecule has 2 aromatic heterocycles. The van der Waals surface area contributed by atoms with Gasteiger partial charge in [0.2, 0.25) is 11.8 Å². The summed E-state index contributed by atoms with van der Waals surface area (Å²) in [5.41, 5.74) is 4.85. The van der Waals surface area contributed by atoms with Crippen LogP contribution in [0.1, 0.15) is 246 Å². The van der Waals surface area contributed by atoms with Gasteiger partial charge in [0, 0.05) is 51.5 Å². The van der Waals surface area contributed by atoms with Crippen LogP contribution < -0.4 is 36.3 Å². The Labute approximate surface area is 799 Å². The molecule has 3 aromatic rings. The summed E-state index contributed by atoms with van der Waals surface area (Å²) in [7, 11) is 14.1. The molecule has 0 radical (unpaired) electrons. The number of aromatic amines is 2. The number of aliphatic hydroxyl groups excluding tert-OH is 1. The van der Waals surface area contributed by atoms with E-state index in [4.69, 9.17) is 60.7 Å². The summed E-state index contributed by atoms with van der Waals surface area (Å²) < 4.78 is -0.750. The predicted molar refractivity (Wildman–Crippen MR) is 490 cm³/mol. The Morgan fingerprint density at radius 3 is 1.17 bits per heavy atom. The molecule has 37 heteroatoms. The summed E-state index contributed by atoms with van der Waals surface area (Å²) in [5.74, 6) is 0.187. The minimum absolute atomic E-state index is 0. The largest absolute Gasteiger partial charge is 2.00 e. The number of nitrogens with one attached hydrogen (secondary N) is 12. The molecule has 10 fully saturated rings. The first kappa shape index (κ1) is 128. The van der Waals surface area contributed by atoms with Crippen LogP contribution in [0.5, 0.6) is 0 Å². The Kier molecular flexibility index (Phi) is 91.7. The maximum Gasteiger partial charge on any atom is 2.00 e. The first-order valence-corrected chi connectivity index (χ1v) is 47.0. The number of amides is 4. The van der Waals surface area contributed by atoms with Crippen LogP contribution >= 0.6 is 97.5 Å². The Morgan fingerprint density at radius 1 is 0.555 bits per heavy atom. The SMILES string of the molecule is C.CC1C[CH-]C(C(=O)O)C1.CCCNC(=O)Cc1cc[nH]c1.CN1C(=O)c2ccccc2C1=O.ClC(Cl)Cl.N=PC1[CH-]CCC1.N=PC1[CH-]CCC1.N=PC1[CH-]CCC1.O=C(Cc1cc[nH]c1)NCCNC(O)C1[CH-]CCC1.OOCC1[CH-]CCC1.PNC1[CH-]CCC1.PNC1[CH-]CCC1.PNC1[CH-]CCC1.PNC1[CH-]CCC1.[Fe+2].[Fe+2].[Fe+2].[Fe+2].[Fe+2]. The van der Waals surface area contributed by atoms with Crippen LogP contribution in [0.4, 0.5) is 0 Å². The van der Waals surface area contributed by atoms with Crippen LogP contribution in [0.15, 0.2) is 61.2 Å². The van der Waals surface area contributed by atoms with Crippen LogP contribution in [0.25, 0.3) is 0 Å². The summed E-state index contributed by atoms with van der Waals surface area (Å²) in [6.07, 6.45) is 67.1. The zero-order valence-corrected chi connectivity index (χ0v) is 83.9. The number of aromatic nitrogens is 2. The van der Waals surface area contributed by atoms with Crippen LogP contribution in [-0.2, 0) is 117 Å². The van der Waals surface area contributed by atoms with Crippen molar-refractivity contribution in [3.05, 3.63) is 148 Å². The number of halogens is 3. The van der Waals surface area contributed by atoms with E-state index in [0.29, 0.717) is 96.6 Å². The average Bonchev–Trinajstić information content (AvgIpc) is 1.65. The Balaban J connectivity index is -0.000000399. The Hall–Kier alpha value is 0.497. The van der Waals surface area contributed by atoms with E-state index >= 15 is 0 Å². The predicted octanol–water partition coefficient (Wildman–Crippen LogP) is 19.8. The van der Waals surface area contributed by atoms with Crippen molar-refractivity contribution in [2.45, 2.75) is 278 Å². The fourth-order valence-electron chi connectivity index (χ4n) is 13.3. The summed E-state index contributed by atoms with van der Waals surface area (Å²) in [6.45, 7) is 6.50. The molecule has 10 saturated carbocycles. The first-order chi connectivity index (χ1) is 54.7.